The molecular weight excluding hydrogens is 190 g/mol. The molecule has 1 aromatic carbocycles. The predicted molar refractivity (Wildman–Crippen MR) is 51.5 cm³/mol. The molecule has 0 heterocycles. The van der Waals surface area contributed by atoms with Crippen molar-refractivity contribution in [3.05, 3.63) is 46.0 Å². The molecular formula is C9H10ClNO2. The topological polar surface area (TPSA) is 43.1 Å². The van der Waals surface area contributed by atoms with Crippen molar-refractivity contribution in [1.82, 2.24) is 0 Å². The first kappa shape index (κ1) is 9.99. The summed E-state index contributed by atoms with van der Waals surface area (Å²) in [4.78, 5) is 10.1. The summed E-state index contributed by atoms with van der Waals surface area (Å²) in [6.45, 7) is 1.50. The SMILES string of the molecule is CC(C(Cl)c1ccccc1)[N+](=O)[O-]. The quantitative estimate of drug-likeness (QED) is 0.427. The fraction of sp³-hybridized carbons (Fsp3) is 0.333. The summed E-state index contributed by atoms with van der Waals surface area (Å²) in [5.74, 6) is 0. The van der Waals surface area contributed by atoms with Crippen LogP contribution in [-0.2, 0) is 0 Å². The first-order chi connectivity index (χ1) is 6.13. The molecule has 3 nitrogen and oxygen atoms in total. The van der Waals surface area contributed by atoms with Gasteiger partial charge in [0.05, 0.1) is 0 Å². The maximum absolute atomic E-state index is 10.4. The van der Waals surface area contributed by atoms with Crippen LogP contribution < -0.4 is 0 Å². The third kappa shape index (κ3) is 2.42. The molecule has 13 heavy (non-hydrogen) atoms. The maximum atomic E-state index is 10.4. The van der Waals surface area contributed by atoms with Crippen LogP contribution in [0.5, 0.6) is 0 Å². The summed E-state index contributed by atoms with van der Waals surface area (Å²) in [5, 5.41) is 9.88. The van der Waals surface area contributed by atoms with Crippen LogP contribution >= 0.6 is 11.6 Å². The molecule has 70 valence electrons. The monoisotopic (exact) mass is 199 g/mol. The zero-order chi connectivity index (χ0) is 9.84. The molecule has 0 amide bonds. The van der Waals surface area contributed by atoms with Crippen LogP contribution in [0.4, 0.5) is 0 Å². The highest BCUT2D eigenvalue weighted by molar-refractivity contribution is 6.21. The van der Waals surface area contributed by atoms with Crippen molar-refractivity contribution in [2.24, 2.45) is 0 Å². The van der Waals surface area contributed by atoms with Crippen LogP contribution in [0.2, 0.25) is 0 Å². The van der Waals surface area contributed by atoms with E-state index in [2.05, 4.69) is 0 Å². The highest BCUT2D eigenvalue weighted by atomic mass is 35.5. The van der Waals surface area contributed by atoms with Gasteiger partial charge in [0.15, 0.2) is 0 Å². The fourth-order valence-electron chi connectivity index (χ4n) is 1.02. The van der Waals surface area contributed by atoms with Gasteiger partial charge in [-0.05, 0) is 5.56 Å². The Balaban J connectivity index is 2.79. The van der Waals surface area contributed by atoms with Crippen molar-refractivity contribution in [1.29, 1.82) is 0 Å². The van der Waals surface area contributed by atoms with Crippen LogP contribution in [0.25, 0.3) is 0 Å². The van der Waals surface area contributed by atoms with Gasteiger partial charge >= 0.3 is 0 Å². The van der Waals surface area contributed by atoms with Gasteiger partial charge in [-0.25, -0.2) is 0 Å². The maximum Gasteiger partial charge on any atom is 0.230 e. The molecule has 0 aliphatic carbocycles. The molecule has 0 aliphatic heterocycles. The van der Waals surface area contributed by atoms with E-state index in [9.17, 15) is 10.1 Å². The Kier molecular flexibility index (Phi) is 3.25. The van der Waals surface area contributed by atoms with Gasteiger partial charge in [-0.2, -0.15) is 0 Å². The lowest BCUT2D eigenvalue weighted by Crippen LogP contribution is -2.20. The van der Waals surface area contributed by atoms with Crippen molar-refractivity contribution in [3.63, 3.8) is 0 Å². The molecule has 0 aliphatic rings. The molecule has 0 fully saturated rings. The molecule has 0 spiro atoms. The van der Waals surface area contributed by atoms with Crippen molar-refractivity contribution >= 4 is 11.6 Å². The molecule has 0 aromatic heterocycles. The second kappa shape index (κ2) is 4.23. The van der Waals surface area contributed by atoms with E-state index >= 15 is 0 Å². The number of hydrogen-bond acceptors (Lipinski definition) is 2. The van der Waals surface area contributed by atoms with Crippen LogP contribution in [-0.4, -0.2) is 11.0 Å². The van der Waals surface area contributed by atoms with Gasteiger partial charge < -0.3 is 0 Å². The van der Waals surface area contributed by atoms with Gasteiger partial charge in [0.1, 0.15) is 5.38 Å². The third-order valence-corrected chi connectivity index (χ3v) is 2.49. The zero-order valence-electron chi connectivity index (χ0n) is 7.18. The highest BCUT2D eigenvalue weighted by Crippen LogP contribution is 2.25. The minimum Gasteiger partial charge on any atom is -0.264 e. The molecule has 1 aromatic rings. The number of nitro groups is 1. The van der Waals surface area contributed by atoms with Crippen molar-refractivity contribution < 1.29 is 4.92 Å². The standard InChI is InChI=1S/C9H10ClNO2/c1-7(11(12)13)9(10)8-5-3-2-4-6-8/h2-7,9H,1H3. The van der Waals surface area contributed by atoms with Crippen molar-refractivity contribution in [3.8, 4) is 0 Å². The third-order valence-electron chi connectivity index (χ3n) is 1.87. The van der Waals surface area contributed by atoms with Gasteiger partial charge in [0, 0.05) is 11.8 Å². The Bertz CT molecular complexity index is 289. The van der Waals surface area contributed by atoms with Gasteiger partial charge in [-0.15, -0.1) is 11.6 Å². The van der Waals surface area contributed by atoms with Gasteiger partial charge in [0.2, 0.25) is 6.04 Å². The normalized spacial score (nSPS) is 14.9. The Morgan fingerprint density at radius 2 is 1.92 bits per heavy atom. The molecule has 0 N–H and O–H groups in total. The summed E-state index contributed by atoms with van der Waals surface area (Å²) in [5.41, 5.74) is 0.786. The Morgan fingerprint density at radius 1 is 1.38 bits per heavy atom. The molecule has 0 bridgehead atoms. The summed E-state index contributed by atoms with van der Waals surface area (Å²) in [6.07, 6.45) is 0. The van der Waals surface area contributed by atoms with E-state index in [4.69, 9.17) is 11.6 Å². The summed E-state index contributed by atoms with van der Waals surface area (Å²) in [6, 6.07) is 8.30. The van der Waals surface area contributed by atoms with Gasteiger partial charge in [-0.1, -0.05) is 30.3 Å². The van der Waals surface area contributed by atoms with Crippen molar-refractivity contribution in [2.45, 2.75) is 18.3 Å². The number of halogens is 1. The number of rotatable bonds is 3. The first-order valence-corrected chi connectivity index (χ1v) is 4.39. The molecule has 2 atom stereocenters. The minimum atomic E-state index is -0.760. The van der Waals surface area contributed by atoms with Crippen LogP contribution in [0.3, 0.4) is 0 Å². The second-order valence-electron chi connectivity index (χ2n) is 2.84. The number of alkyl halides is 1. The first-order valence-electron chi connectivity index (χ1n) is 3.95. The molecule has 0 saturated heterocycles. The van der Waals surface area contributed by atoms with E-state index in [-0.39, 0.29) is 4.92 Å². The lowest BCUT2D eigenvalue weighted by molar-refractivity contribution is -0.518. The fourth-order valence-corrected chi connectivity index (χ4v) is 1.26. The average molecular weight is 200 g/mol. The van der Waals surface area contributed by atoms with Gasteiger partial charge in [-0.3, -0.25) is 10.1 Å². The van der Waals surface area contributed by atoms with Crippen LogP contribution in [0.1, 0.15) is 17.9 Å². The Morgan fingerprint density at radius 3 is 2.38 bits per heavy atom. The van der Waals surface area contributed by atoms with E-state index in [0.29, 0.717) is 0 Å². The zero-order valence-corrected chi connectivity index (χ0v) is 7.94. The molecule has 4 heteroatoms. The summed E-state index contributed by atoms with van der Waals surface area (Å²) >= 11 is 5.91. The van der Waals surface area contributed by atoms with Crippen LogP contribution in [0.15, 0.2) is 30.3 Å². The number of nitrogens with zero attached hydrogens (tertiary/aromatic N) is 1. The lowest BCUT2D eigenvalue weighted by Gasteiger charge is -2.10. The Labute approximate surface area is 81.5 Å². The smallest absolute Gasteiger partial charge is 0.230 e. The van der Waals surface area contributed by atoms with E-state index < -0.39 is 11.4 Å². The van der Waals surface area contributed by atoms with Gasteiger partial charge in [0.25, 0.3) is 0 Å². The second-order valence-corrected chi connectivity index (χ2v) is 3.31. The number of benzene rings is 1. The van der Waals surface area contributed by atoms with Crippen LogP contribution in [0, 0.1) is 10.1 Å². The highest BCUT2D eigenvalue weighted by Gasteiger charge is 2.25. The van der Waals surface area contributed by atoms with E-state index in [1.165, 1.54) is 6.92 Å². The summed E-state index contributed by atoms with van der Waals surface area (Å²) in [7, 11) is 0. The molecule has 0 radical (unpaired) electrons. The van der Waals surface area contributed by atoms with Crippen molar-refractivity contribution in [2.75, 3.05) is 0 Å². The summed E-state index contributed by atoms with van der Waals surface area (Å²) < 4.78 is 0. The largest absolute Gasteiger partial charge is 0.264 e. The predicted octanol–water partition coefficient (Wildman–Crippen LogP) is 2.63. The molecule has 1 rings (SSSR count). The minimum absolute atomic E-state index is 0.370. The average Bonchev–Trinajstić information content (AvgIpc) is 2.17. The van der Waals surface area contributed by atoms with E-state index in [1.54, 1.807) is 12.1 Å². The number of hydrogen-bond donors (Lipinski definition) is 0. The van der Waals surface area contributed by atoms with E-state index in [1.807, 2.05) is 18.2 Å². The van der Waals surface area contributed by atoms with E-state index in [0.717, 1.165) is 5.56 Å². The lowest BCUT2D eigenvalue weighted by atomic mass is 10.1. The Hall–Kier alpha value is -1.09. The molecule has 2 unspecified atom stereocenters. The molecule has 0 saturated carbocycles.